The lowest BCUT2D eigenvalue weighted by Gasteiger charge is -2.41. The van der Waals surface area contributed by atoms with Crippen LogP contribution in [0.4, 0.5) is 0 Å². The highest BCUT2D eigenvalue weighted by molar-refractivity contribution is 7.47. The minimum absolute atomic E-state index is 0.0404. The van der Waals surface area contributed by atoms with E-state index in [1.807, 2.05) is 18.2 Å². The zero-order valence-corrected chi connectivity index (χ0v) is 44.9. The Kier molecular flexibility index (Phi) is 42.8. The van der Waals surface area contributed by atoms with E-state index in [-0.39, 0.29) is 12.8 Å². The van der Waals surface area contributed by atoms with E-state index in [1.165, 1.54) is 116 Å². The van der Waals surface area contributed by atoms with Crippen LogP contribution < -0.4 is 0 Å². The summed E-state index contributed by atoms with van der Waals surface area (Å²) in [6.07, 6.45) is 46.8. The van der Waals surface area contributed by atoms with Crippen LogP contribution in [-0.4, -0.2) is 98.3 Å². The van der Waals surface area contributed by atoms with Crippen LogP contribution in [-0.2, 0) is 32.7 Å². The first kappa shape index (κ1) is 66.3. The number of phosphoric acid groups is 1. The van der Waals surface area contributed by atoms with Crippen molar-refractivity contribution in [2.45, 2.75) is 262 Å². The number of carbonyl (C=O) groups excluding carboxylic acids is 2. The van der Waals surface area contributed by atoms with Gasteiger partial charge >= 0.3 is 19.8 Å². The molecule has 0 aromatic carbocycles. The summed E-state index contributed by atoms with van der Waals surface area (Å²) in [6, 6.07) is 0. The maximum atomic E-state index is 12.9. The van der Waals surface area contributed by atoms with Gasteiger partial charge in [0.2, 0.25) is 0 Å². The van der Waals surface area contributed by atoms with E-state index in [0.29, 0.717) is 19.3 Å². The molecule has 0 bridgehead atoms. The summed E-state index contributed by atoms with van der Waals surface area (Å²) in [6.45, 7) is 3.16. The van der Waals surface area contributed by atoms with Crippen molar-refractivity contribution >= 4 is 19.8 Å². The highest BCUT2D eigenvalue weighted by Gasteiger charge is 2.51. The number of unbranched alkanes of at least 4 members (excludes halogenated alkanes) is 22. The van der Waals surface area contributed by atoms with Crippen molar-refractivity contribution < 1.29 is 63.1 Å². The Morgan fingerprint density at radius 2 is 0.803 bits per heavy atom. The predicted molar refractivity (Wildman–Crippen MR) is 285 cm³/mol. The van der Waals surface area contributed by atoms with Gasteiger partial charge in [-0.1, -0.05) is 228 Å². The zero-order chi connectivity index (χ0) is 52.1. The average molecular weight is 1020 g/mol. The molecule has 6 unspecified atom stereocenters. The summed E-state index contributed by atoms with van der Waals surface area (Å²) in [5.41, 5.74) is 0. The van der Waals surface area contributed by atoms with Crippen LogP contribution in [0.3, 0.4) is 0 Å². The molecular weight excluding hydrogens is 924 g/mol. The first-order chi connectivity index (χ1) is 34.4. The molecule has 1 rings (SSSR count). The molecule has 0 radical (unpaired) electrons. The number of ether oxygens (including phenoxy) is 2. The van der Waals surface area contributed by atoms with E-state index in [2.05, 4.69) is 68.5 Å². The minimum atomic E-state index is -5.14. The number of hydrogen-bond acceptors (Lipinski definition) is 12. The zero-order valence-electron chi connectivity index (χ0n) is 44.0. The molecule has 0 amide bonds. The van der Waals surface area contributed by atoms with Gasteiger partial charge < -0.3 is 39.9 Å². The number of phosphoric ester groups is 1. The Morgan fingerprint density at radius 1 is 0.451 bits per heavy atom. The highest BCUT2D eigenvalue weighted by atomic mass is 31.2. The number of aliphatic hydroxyl groups excluding tert-OH is 5. The van der Waals surface area contributed by atoms with Gasteiger partial charge in [0, 0.05) is 12.8 Å². The fraction of sp³-hybridized carbons (Fsp3) is 0.754. The Hall–Kier alpha value is -2.71. The van der Waals surface area contributed by atoms with E-state index in [9.17, 15) is 44.6 Å². The monoisotopic (exact) mass is 1020 g/mol. The minimum Gasteiger partial charge on any atom is -0.462 e. The van der Waals surface area contributed by atoms with Crippen LogP contribution in [0, 0.1) is 0 Å². The Morgan fingerprint density at radius 3 is 1.20 bits per heavy atom. The van der Waals surface area contributed by atoms with Gasteiger partial charge in [0.1, 0.15) is 43.2 Å². The van der Waals surface area contributed by atoms with Gasteiger partial charge in [-0.15, -0.1) is 0 Å². The van der Waals surface area contributed by atoms with Crippen LogP contribution in [0.1, 0.15) is 219 Å². The van der Waals surface area contributed by atoms with E-state index in [0.717, 1.165) is 57.8 Å². The molecule has 13 nitrogen and oxygen atoms in total. The molecule has 71 heavy (non-hydrogen) atoms. The van der Waals surface area contributed by atoms with Crippen molar-refractivity contribution in [3.8, 4) is 0 Å². The van der Waals surface area contributed by atoms with Crippen LogP contribution in [0.5, 0.6) is 0 Å². The SMILES string of the molecule is CC/C=C/C/C=C/C/C=C/C/C=C/C/C=C/C/C=C/CCC(=O)OC[C@H](COP(=O)(O)OC1C(O)C(O)C(O)[C@@H](O)C1O)OC(=O)CCCCCCCCCCCCCCCCCCCCCCCCC. The molecule has 14 heteroatoms. The summed E-state index contributed by atoms with van der Waals surface area (Å²) in [5, 5.41) is 50.3. The van der Waals surface area contributed by atoms with Gasteiger partial charge in [-0.3, -0.25) is 18.6 Å². The van der Waals surface area contributed by atoms with Crippen molar-refractivity contribution in [2.75, 3.05) is 13.2 Å². The van der Waals surface area contributed by atoms with Crippen molar-refractivity contribution in [1.82, 2.24) is 0 Å². The summed E-state index contributed by atoms with van der Waals surface area (Å²) >= 11 is 0. The summed E-state index contributed by atoms with van der Waals surface area (Å²) in [4.78, 5) is 35.9. The quantitative estimate of drug-likeness (QED) is 0.0145. The third kappa shape index (κ3) is 37.6. The summed E-state index contributed by atoms with van der Waals surface area (Å²) in [5.74, 6) is -1.19. The summed E-state index contributed by atoms with van der Waals surface area (Å²) in [7, 11) is -5.14. The maximum absolute atomic E-state index is 12.9. The number of esters is 2. The van der Waals surface area contributed by atoms with Crippen molar-refractivity contribution in [3.63, 3.8) is 0 Å². The topological polar surface area (TPSA) is 210 Å². The molecule has 8 atom stereocenters. The van der Waals surface area contributed by atoms with E-state index in [4.69, 9.17) is 18.5 Å². The number of hydrogen-bond donors (Lipinski definition) is 6. The van der Waals surface area contributed by atoms with E-state index in [1.54, 1.807) is 0 Å². The molecule has 6 N–H and O–H groups in total. The fourth-order valence-electron chi connectivity index (χ4n) is 8.20. The van der Waals surface area contributed by atoms with Crippen LogP contribution >= 0.6 is 7.82 Å². The van der Waals surface area contributed by atoms with Crippen LogP contribution in [0.2, 0.25) is 0 Å². The second kappa shape index (κ2) is 45.9. The molecule has 1 saturated carbocycles. The molecule has 0 heterocycles. The number of rotatable bonds is 46. The van der Waals surface area contributed by atoms with E-state index >= 15 is 0 Å². The molecule has 0 aromatic rings. The molecule has 1 aliphatic rings. The highest BCUT2D eigenvalue weighted by Crippen LogP contribution is 2.47. The molecule has 1 aliphatic carbocycles. The summed E-state index contributed by atoms with van der Waals surface area (Å²) < 4.78 is 33.6. The maximum Gasteiger partial charge on any atom is 0.472 e. The molecule has 410 valence electrons. The van der Waals surface area contributed by atoms with E-state index < -0.39 is 75.7 Å². The van der Waals surface area contributed by atoms with Crippen molar-refractivity contribution in [2.24, 2.45) is 0 Å². The van der Waals surface area contributed by atoms with Gasteiger partial charge in [0.15, 0.2) is 6.10 Å². The molecule has 0 spiro atoms. The van der Waals surface area contributed by atoms with Crippen molar-refractivity contribution in [1.29, 1.82) is 0 Å². The van der Waals surface area contributed by atoms with Gasteiger partial charge in [-0.05, 0) is 51.4 Å². The first-order valence-corrected chi connectivity index (χ1v) is 29.2. The van der Waals surface area contributed by atoms with Gasteiger partial charge in [0.25, 0.3) is 0 Å². The smallest absolute Gasteiger partial charge is 0.462 e. The van der Waals surface area contributed by atoms with Crippen LogP contribution in [0.15, 0.2) is 72.9 Å². The Bertz CT molecular complexity index is 1510. The second-order valence-corrected chi connectivity index (χ2v) is 20.5. The molecule has 1 fully saturated rings. The van der Waals surface area contributed by atoms with Gasteiger partial charge in [-0.25, -0.2) is 4.57 Å². The normalized spacial score (nSPS) is 21.2. The standard InChI is InChI=1S/C57H99O13P/c1-3-5-7-9-11-13-15-17-19-21-23-24-25-26-28-30-32-34-36-38-40-42-44-46-51(59)69-49(48-68-71(65,66)70-57-55(63)53(61)52(60)54(62)56(57)64)47-67-50(58)45-43-41-39-37-35-33-31-29-27-22-20-18-16-14-12-10-8-6-4-2/h6,8,12,14,18,20,27,29,33,35,39,41,49,52-57,60-64H,3-5,7,9-11,13,15-17,19,21-26,28,30-32,34,36-38,40,42-48H2,1-2H3,(H,65,66)/b8-6+,14-12+,20-18+,29-27+,35-33+,41-39+/t49-,52?,53-,54?,55?,56?,57?/m1/s1. The molecule has 0 saturated heterocycles. The largest absolute Gasteiger partial charge is 0.472 e. The number of aliphatic hydroxyl groups is 5. The number of allylic oxidation sites excluding steroid dienone is 12. The Balaban J connectivity index is 2.39. The first-order valence-electron chi connectivity index (χ1n) is 27.7. The van der Waals surface area contributed by atoms with Crippen LogP contribution in [0.25, 0.3) is 0 Å². The Labute approximate surface area is 429 Å². The molecule has 0 aliphatic heterocycles. The fourth-order valence-corrected chi connectivity index (χ4v) is 9.17. The predicted octanol–water partition coefficient (Wildman–Crippen LogP) is 12.6. The molecule has 0 aromatic heterocycles. The van der Waals surface area contributed by atoms with Gasteiger partial charge in [-0.2, -0.15) is 0 Å². The lowest BCUT2D eigenvalue weighted by molar-refractivity contribution is -0.220. The lowest BCUT2D eigenvalue weighted by Crippen LogP contribution is -2.64. The third-order valence-corrected chi connectivity index (χ3v) is 13.6. The average Bonchev–Trinajstić information content (AvgIpc) is 3.35. The van der Waals surface area contributed by atoms with Gasteiger partial charge in [0.05, 0.1) is 6.61 Å². The molecular formula is C57H99O13P. The van der Waals surface area contributed by atoms with Crippen molar-refractivity contribution in [3.05, 3.63) is 72.9 Å². The second-order valence-electron chi connectivity index (χ2n) is 19.1. The number of carbonyl (C=O) groups is 2. The lowest BCUT2D eigenvalue weighted by atomic mass is 9.85. The third-order valence-electron chi connectivity index (χ3n) is 12.6.